The van der Waals surface area contributed by atoms with Crippen molar-refractivity contribution in [2.45, 2.75) is 44.2 Å². The lowest BCUT2D eigenvalue weighted by atomic mass is 9.96. The van der Waals surface area contributed by atoms with E-state index in [4.69, 9.17) is 4.74 Å². The summed E-state index contributed by atoms with van der Waals surface area (Å²) in [5.74, 6) is 0.324. The van der Waals surface area contributed by atoms with Gasteiger partial charge in [0.1, 0.15) is 6.61 Å². The van der Waals surface area contributed by atoms with Crippen LogP contribution in [0.1, 0.15) is 32.1 Å². The van der Waals surface area contributed by atoms with Crippen LogP contribution in [0, 0.1) is 0 Å². The summed E-state index contributed by atoms with van der Waals surface area (Å²) >= 11 is 0. The van der Waals surface area contributed by atoms with Crippen LogP contribution >= 0.6 is 0 Å². The topological polar surface area (TPSA) is 53.1 Å². The lowest BCUT2D eigenvalue weighted by Crippen LogP contribution is -2.55. The first-order valence-electron chi connectivity index (χ1n) is 8.51. The normalized spacial score (nSPS) is 29.2. The number of likely N-dealkylation sites (tertiary alicyclic amines) is 3. The Hall–Kier alpha value is -1.14. The molecule has 0 N–H and O–H groups in total. The van der Waals surface area contributed by atoms with E-state index in [9.17, 15) is 9.59 Å². The van der Waals surface area contributed by atoms with Crippen molar-refractivity contribution in [3.05, 3.63) is 0 Å². The van der Waals surface area contributed by atoms with Crippen molar-refractivity contribution < 1.29 is 14.3 Å². The van der Waals surface area contributed by atoms with Gasteiger partial charge in [0.15, 0.2) is 0 Å². The molecule has 3 heterocycles. The van der Waals surface area contributed by atoms with Crippen LogP contribution in [0.25, 0.3) is 0 Å². The highest BCUT2D eigenvalue weighted by Crippen LogP contribution is 2.31. The monoisotopic (exact) mass is 309 g/mol. The number of hydrogen-bond donors (Lipinski definition) is 0. The van der Waals surface area contributed by atoms with Crippen LogP contribution in [0.4, 0.5) is 0 Å². The van der Waals surface area contributed by atoms with E-state index in [-0.39, 0.29) is 30.5 Å². The Labute approximate surface area is 132 Å². The number of fused-ring (bicyclic) bond motifs is 1. The lowest BCUT2D eigenvalue weighted by molar-refractivity contribution is -0.143. The van der Waals surface area contributed by atoms with Crippen LogP contribution in [-0.4, -0.2) is 85.0 Å². The van der Waals surface area contributed by atoms with Crippen molar-refractivity contribution in [3.8, 4) is 0 Å². The summed E-state index contributed by atoms with van der Waals surface area (Å²) in [6.45, 7) is 5.01. The average molecular weight is 309 g/mol. The first kappa shape index (κ1) is 15.7. The van der Waals surface area contributed by atoms with Crippen molar-refractivity contribution >= 4 is 11.8 Å². The van der Waals surface area contributed by atoms with Crippen molar-refractivity contribution in [2.24, 2.45) is 0 Å². The van der Waals surface area contributed by atoms with E-state index in [1.54, 1.807) is 7.11 Å². The molecule has 0 spiro atoms. The Morgan fingerprint density at radius 3 is 2.64 bits per heavy atom. The van der Waals surface area contributed by atoms with Gasteiger partial charge in [0.2, 0.25) is 11.8 Å². The van der Waals surface area contributed by atoms with E-state index >= 15 is 0 Å². The highest BCUT2D eigenvalue weighted by atomic mass is 16.5. The van der Waals surface area contributed by atoms with Gasteiger partial charge in [0, 0.05) is 33.2 Å². The summed E-state index contributed by atoms with van der Waals surface area (Å²) in [6.07, 6.45) is 4.83. The second-order valence-electron chi connectivity index (χ2n) is 6.62. The molecule has 2 atom stereocenters. The molecule has 3 rings (SSSR count). The van der Waals surface area contributed by atoms with Gasteiger partial charge in [-0.1, -0.05) is 0 Å². The van der Waals surface area contributed by atoms with Crippen LogP contribution in [0.5, 0.6) is 0 Å². The molecule has 3 aliphatic rings. The number of hydrogen-bond acceptors (Lipinski definition) is 4. The zero-order valence-corrected chi connectivity index (χ0v) is 13.5. The van der Waals surface area contributed by atoms with Gasteiger partial charge in [-0.3, -0.25) is 9.59 Å². The van der Waals surface area contributed by atoms with Crippen molar-refractivity contribution in [1.82, 2.24) is 14.7 Å². The highest BCUT2D eigenvalue weighted by molar-refractivity contribution is 5.81. The molecule has 2 unspecified atom stereocenters. The summed E-state index contributed by atoms with van der Waals surface area (Å²) in [7, 11) is 1.55. The molecule has 6 heteroatoms. The average Bonchev–Trinajstić information content (AvgIpc) is 3.15. The summed E-state index contributed by atoms with van der Waals surface area (Å²) < 4.78 is 4.98. The maximum Gasteiger partial charge on any atom is 0.248 e. The van der Waals surface area contributed by atoms with E-state index in [2.05, 4.69) is 4.90 Å². The second kappa shape index (κ2) is 6.96. The minimum Gasteiger partial charge on any atom is -0.375 e. The third kappa shape index (κ3) is 3.13. The molecule has 124 valence electrons. The largest absolute Gasteiger partial charge is 0.375 e. The predicted molar refractivity (Wildman–Crippen MR) is 82.4 cm³/mol. The summed E-state index contributed by atoms with van der Waals surface area (Å²) in [4.78, 5) is 30.9. The molecule has 0 aromatic rings. The van der Waals surface area contributed by atoms with Crippen LogP contribution in [0.2, 0.25) is 0 Å². The van der Waals surface area contributed by atoms with Gasteiger partial charge in [-0.2, -0.15) is 0 Å². The van der Waals surface area contributed by atoms with E-state index in [0.29, 0.717) is 6.42 Å². The number of piperidine rings is 1. The molecule has 3 fully saturated rings. The summed E-state index contributed by atoms with van der Waals surface area (Å²) in [6, 6.07) is 0.406. The van der Waals surface area contributed by atoms with E-state index < -0.39 is 0 Å². The van der Waals surface area contributed by atoms with Gasteiger partial charge in [-0.15, -0.1) is 0 Å². The Morgan fingerprint density at radius 2 is 1.91 bits per heavy atom. The second-order valence-corrected chi connectivity index (χ2v) is 6.62. The molecule has 0 saturated carbocycles. The van der Waals surface area contributed by atoms with Gasteiger partial charge in [0.25, 0.3) is 0 Å². The molecule has 0 bridgehead atoms. The predicted octanol–water partition coefficient (Wildman–Crippen LogP) is 0.321. The third-order valence-corrected chi connectivity index (χ3v) is 5.33. The van der Waals surface area contributed by atoms with Gasteiger partial charge in [-0.05, 0) is 38.8 Å². The van der Waals surface area contributed by atoms with Crippen LogP contribution < -0.4 is 0 Å². The van der Waals surface area contributed by atoms with Gasteiger partial charge in [-0.25, -0.2) is 0 Å². The SMILES string of the molecule is COCC(=O)N1CCC2C1CCC(=O)N2CCN1CCCC1. The van der Waals surface area contributed by atoms with Crippen molar-refractivity contribution in [2.75, 3.05) is 46.4 Å². The van der Waals surface area contributed by atoms with Gasteiger partial charge in [0.05, 0.1) is 12.1 Å². The first-order chi connectivity index (χ1) is 10.7. The number of amides is 2. The lowest BCUT2D eigenvalue weighted by Gasteiger charge is -2.40. The summed E-state index contributed by atoms with van der Waals surface area (Å²) in [5.41, 5.74) is 0. The Bertz CT molecular complexity index is 423. The van der Waals surface area contributed by atoms with Crippen LogP contribution in [0.15, 0.2) is 0 Å². The molecule has 0 aromatic heterocycles. The van der Waals surface area contributed by atoms with Gasteiger partial charge >= 0.3 is 0 Å². The molecule has 3 aliphatic heterocycles. The summed E-state index contributed by atoms with van der Waals surface area (Å²) in [5, 5.41) is 0. The van der Waals surface area contributed by atoms with E-state index in [1.165, 1.54) is 12.8 Å². The standard InChI is InChI=1S/C16H27N3O3/c1-22-12-16(21)18-9-6-14-13(18)4-5-15(20)19(14)11-10-17-7-2-3-8-17/h13-14H,2-12H2,1H3. The minimum absolute atomic E-state index is 0.0591. The fraction of sp³-hybridized carbons (Fsp3) is 0.875. The molecule has 0 aliphatic carbocycles. The Kier molecular flexibility index (Phi) is 4.98. The fourth-order valence-electron chi connectivity index (χ4n) is 4.21. The maximum atomic E-state index is 12.3. The molecule has 2 amide bonds. The van der Waals surface area contributed by atoms with Gasteiger partial charge < -0.3 is 19.4 Å². The number of ether oxygens (including phenoxy) is 1. The molecule has 22 heavy (non-hydrogen) atoms. The highest BCUT2D eigenvalue weighted by Gasteiger charge is 2.44. The molecule has 3 saturated heterocycles. The first-order valence-corrected chi connectivity index (χ1v) is 8.51. The van der Waals surface area contributed by atoms with Crippen molar-refractivity contribution in [1.29, 1.82) is 0 Å². The Morgan fingerprint density at radius 1 is 1.14 bits per heavy atom. The number of carbonyl (C=O) groups excluding carboxylic acids is 2. The molecular weight excluding hydrogens is 282 g/mol. The molecule has 0 radical (unpaired) electrons. The zero-order chi connectivity index (χ0) is 15.5. The smallest absolute Gasteiger partial charge is 0.248 e. The zero-order valence-electron chi connectivity index (χ0n) is 13.5. The van der Waals surface area contributed by atoms with Crippen LogP contribution in [0.3, 0.4) is 0 Å². The van der Waals surface area contributed by atoms with E-state index in [0.717, 1.165) is 45.6 Å². The fourth-order valence-corrected chi connectivity index (χ4v) is 4.21. The molecule has 0 aromatic carbocycles. The minimum atomic E-state index is 0.0591. The quantitative estimate of drug-likeness (QED) is 0.734. The van der Waals surface area contributed by atoms with Crippen molar-refractivity contribution in [3.63, 3.8) is 0 Å². The molecular formula is C16H27N3O3. The Balaban J connectivity index is 1.61. The third-order valence-electron chi connectivity index (χ3n) is 5.33. The van der Waals surface area contributed by atoms with Crippen LogP contribution in [-0.2, 0) is 14.3 Å². The van der Waals surface area contributed by atoms with E-state index in [1.807, 2.05) is 9.80 Å². The number of nitrogens with zero attached hydrogens (tertiary/aromatic N) is 3. The number of rotatable bonds is 5. The number of carbonyl (C=O) groups is 2. The maximum absolute atomic E-state index is 12.3. The number of methoxy groups -OCH3 is 1. The molecule has 6 nitrogen and oxygen atoms in total.